The Morgan fingerprint density at radius 2 is 2.12 bits per heavy atom. The predicted molar refractivity (Wildman–Crippen MR) is 107 cm³/mol. The minimum absolute atomic E-state index is 0.174. The van der Waals surface area contributed by atoms with Gasteiger partial charge < -0.3 is 15.4 Å². The third kappa shape index (κ3) is 3.04. The van der Waals surface area contributed by atoms with Gasteiger partial charge in [-0.1, -0.05) is 6.08 Å². The van der Waals surface area contributed by atoms with E-state index in [0.29, 0.717) is 6.42 Å². The molecule has 4 rings (SSSR count). The zero-order valence-electron chi connectivity index (χ0n) is 13.9. The molecule has 0 aliphatic carbocycles. The van der Waals surface area contributed by atoms with E-state index in [1.165, 1.54) is 10.9 Å². The molecule has 1 aromatic carbocycles. The smallest absolute Gasteiger partial charge is 0.125 e. The fourth-order valence-corrected chi connectivity index (χ4v) is 3.94. The Hall–Kier alpha value is -2.63. The molecule has 3 N–H and O–H groups in total. The lowest BCUT2D eigenvalue weighted by Crippen LogP contribution is -1.94. The molecule has 4 nitrogen and oxygen atoms in total. The van der Waals surface area contributed by atoms with Gasteiger partial charge in [0.15, 0.2) is 0 Å². The number of pyridine rings is 1. The van der Waals surface area contributed by atoms with Crippen LogP contribution < -0.4 is 5.32 Å². The van der Waals surface area contributed by atoms with E-state index in [2.05, 4.69) is 46.5 Å². The monoisotopic (exact) mass is 349 g/mol. The maximum atomic E-state index is 8.91. The zero-order chi connectivity index (χ0) is 17.2. The maximum absolute atomic E-state index is 8.91. The minimum atomic E-state index is 0.174. The molecular formula is C20H19N3OS. The van der Waals surface area contributed by atoms with Crippen molar-refractivity contribution in [2.45, 2.75) is 13.3 Å². The van der Waals surface area contributed by atoms with Crippen LogP contribution in [0.25, 0.3) is 27.2 Å². The molecule has 0 fully saturated rings. The summed E-state index contributed by atoms with van der Waals surface area (Å²) in [5.74, 6) is 0. The Morgan fingerprint density at radius 1 is 1.20 bits per heavy atom. The molecule has 4 aromatic rings. The number of hydrogen-bond donors (Lipinski definition) is 3. The Morgan fingerprint density at radius 3 is 3.00 bits per heavy atom. The van der Waals surface area contributed by atoms with Crippen molar-refractivity contribution >= 4 is 49.9 Å². The number of nitrogens with zero attached hydrogens (tertiary/aromatic N) is 1. The van der Waals surface area contributed by atoms with Gasteiger partial charge in [0.2, 0.25) is 0 Å². The summed E-state index contributed by atoms with van der Waals surface area (Å²) in [4.78, 5) is 9.88. The van der Waals surface area contributed by atoms with Gasteiger partial charge in [-0.05, 0) is 55.3 Å². The molecular weight excluding hydrogens is 330 g/mol. The molecule has 5 heteroatoms. The molecule has 126 valence electrons. The summed E-state index contributed by atoms with van der Waals surface area (Å²) in [6, 6.07) is 10.5. The molecule has 0 unspecified atom stereocenters. The Kier molecular flexibility index (Phi) is 4.26. The highest BCUT2D eigenvalue weighted by Gasteiger charge is 2.09. The molecule has 0 bridgehead atoms. The lowest BCUT2D eigenvalue weighted by Gasteiger charge is -2.11. The first-order chi connectivity index (χ1) is 12.3. The second-order valence-electron chi connectivity index (χ2n) is 5.94. The van der Waals surface area contributed by atoms with Gasteiger partial charge in [-0.3, -0.25) is 0 Å². The molecule has 25 heavy (non-hydrogen) atoms. The van der Waals surface area contributed by atoms with Gasteiger partial charge in [0.1, 0.15) is 4.83 Å². The molecule has 0 aliphatic rings. The van der Waals surface area contributed by atoms with E-state index in [-0.39, 0.29) is 6.61 Å². The lowest BCUT2D eigenvalue weighted by molar-refractivity contribution is 0.303. The number of aliphatic hydroxyl groups excluding tert-OH is 1. The van der Waals surface area contributed by atoms with Crippen LogP contribution in [0.15, 0.2) is 48.8 Å². The number of aliphatic hydroxyl groups is 1. The largest absolute Gasteiger partial charge is 0.396 e. The van der Waals surface area contributed by atoms with E-state index < -0.39 is 0 Å². The Labute approximate surface area is 149 Å². The highest BCUT2D eigenvalue weighted by atomic mass is 32.1. The van der Waals surface area contributed by atoms with Crippen LogP contribution >= 0.6 is 11.3 Å². The van der Waals surface area contributed by atoms with E-state index in [0.717, 1.165) is 32.0 Å². The van der Waals surface area contributed by atoms with Gasteiger partial charge in [-0.2, -0.15) is 0 Å². The Bertz CT molecular complexity index is 1060. The first kappa shape index (κ1) is 15.9. The van der Waals surface area contributed by atoms with Gasteiger partial charge in [0, 0.05) is 45.9 Å². The van der Waals surface area contributed by atoms with Crippen LogP contribution in [-0.4, -0.2) is 21.7 Å². The third-order valence-corrected chi connectivity index (χ3v) is 5.31. The van der Waals surface area contributed by atoms with Gasteiger partial charge >= 0.3 is 0 Å². The second kappa shape index (κ2) is 6.70. The first-order valence-corrected chi connectivity index (χ1v) is 9.07. The number of H-pyrrole nitrogens is 1. The number of fused-ring (bicyclic) bond motifs is 2. The van der Waals surface area contributed by atoms with Crippen molar-refractivity contribution in [1.29, 1.82) is 0 Å². The molecule has 0 atom stereocenters. The topological polar surface area (TPSA) is 60.9 Å². The van der Waals surface area contributed by atoms with Gasteiger partial charge in [0.05, 0.1) is 5.69 Å². The van der Waals surface area contributed by atoms with Crippen LogP contribution in [-0.2, 0) is 0 Å². The normalized spacial score (nSPS) is 11.8. The van der Waals surface area contributed by atoms with E-state index in [1.807, 2.05) is 30.6 Å². The highest BCUT2D eigenvalue weighted by Crippen LogP contribution is 2.34. The number of anilines is 2. The second-order valence-corrected chi connectivity index (χ2v) is 7.01. The van der Waals surface area contributed by atoms with Crippen LogP contribution in [0.1, 0.15) is 16.9 Å². The van der Waals surface area contributed by atoms with E-state index in [4.69, 9.17) is 5.11 Å². The van der Waals surface area contributed by atoms with Gasteiger partial charge in [0.25, 0.3) is 0 Å². The summed E-state index contributed by atoms with van der Waals surface area (Å²) in [5, 5.41) is 14.8. The number of benzene rings is 1. The predicted octanol–water partition coefficient (Wildman–Crippen LogP) is 5.23. The van der Waals surface area contributed by atoms with Crippen molar-refractivity contribution in [3.05, 3.63) is 59.2 Å². The summed E-state index contributed by atoms with van der Waals surface area (Å²) in [6.07, 6.45) is 8.51. The number of aromatic amines is 1. The number of thiophene rings is 1. The number of hydrogen-bond acceptors (Lipinski definition) is 4. The summed E-state index contributed by atoms with van der Waals surface area (Å²) in [7, 11) is 0. The number of nitrogens with one attached hydrogen (secondary N) is 2. The SMILES string of the molecule is Cc1c(Nc2ccnc3sc(/C=C/CCO)cc23)ccc2[nH]ccc12. The highest BCUT2D eigenvalue weighted by molar-refractivity contribution is 7.19. The molecule has 0 radical (unpaired) electrons. The summed E-state index contributed by atoms with van der Waals surface area (Å²) >= 11 is 1.66. The van der Waals surface area contributed by atoms with Crippen LogP contribution in [0.4, 0.5) is 11.4 Å². The average molecular weight is 349 g/mol. The van der Waals surface area contributed by atoms with Gasteiger partial charge in [-0.25, -0.2) is 4.98 Å². The van der Waals surface area contributed by atoms with Crippen molar-refractivity contribution < 1.29 is 5.11 Å². The average Bonchev–Trinajstić information content (AvgIpc) is 3.25. The van der Waals surface area contributed by atoms with Gasteiger partial charge in [-0.15, -0.1) is 11.3 Å². The summed E-state index contributed by atoms with van der Waals surface area (Å²) < 4.78 is 0. The molecule has 0 aliphatic heterocycles. The molecule has 0 saturated carbocycles. The van der Waals surface area contributed by atoms with Crippen LogP contribution in [0.3, 0.4) is 0 Å². The maximum Gasteiger partial charge on any atom is 0.125 e. The summed E-state index contributed by atoms with van der Waals surface area (Å²) in [5.41, 5.74) is 4.53. The molecule has 0 spiro atoms. The van der Waals surface area contributed by atoms with Crippen molar-refractivity contribution in [3.63, 3.8) is 0 Å². The van der Waals surface area contributed by atoms with E-state index >= 15 is 0 Å². The third-order valence-electron chi connectivity index (χ3n) is 4.31. The fourth-order valence-electron chi connectivity index (χ4n) is 2.99. The fraction of sp³-hybridized carbons (Fsp3) is 0.150. The quantitative estimate of drug-likeness (QED) is 0.462. The van der Waals surface area contributed by atoms with Crippen molar-refractivity contribution in [3.8, 4) is 0 Å². The molecule has 3 aromatic heterocycles. The summed E-state index contributed by atoms with van der Waals surface area (Å²) in [6.45, 7) is 2.31. The van der Waals surface area contributed by atoms with Crippen LogP contribution in [0.2, 0.25) is 0 Å². The molecule has 0 amide bonds. The van der Waals surface area contributed by atoms with E-state index in [9.17, 15) is 0 Å². The van der Waals surface area contributed by atoms with Crippen molar-refractivity contribution in [2.24, 2.45) is 0 Å². The van der Waals surface area contributed by atoms with E-state index in [1.54, 1.807) is 11.3 Å². The zero-order valence-corrected chi connectivity index (χ0v) is 14.7. The lowest BCUT2D eigenvalue weighted by atomic mass is 10.1. The molecule has 3 heterocycles. The Balaban J connectivity index is 1.71. The number of aromatic nitrogens is 2. The minimum Gasteiger partial charge on any atom is -0.396 e. The first-order valence-electron chi connectivity index (χ1n) is 8.26. The number of rotatable bonds is 5. The standard InChI is InChI=1S/C20H19N3OS/c1-13-15-7-9-21-18(15)6-5-17(13)23-19-8-10-22-20-16(19)12-14(25-20)4-2-3-11-24/h2,4-10,12,21,24H,3,11H2,1H3,(H,22,23)/b4-2+. The van der Waals surface area contributed by atoms with Crippen LogP contribution in [0.5, 0.6) is 0 Å². The molecule has 0 saturated heterocycles. The van der Waals surface area contributed by atoms with Crippen molar-refractivity contribution in [1.82, 2.24) is 9.97 Å². The van der Waals surface area contributed by atoms with Crippen molar-refractivity contribution in [2.75, 3.05) is 11.9 Å². The van der Waals surface area contributed by atoms with Crippen LogP contribution in [0, 0.1) is 6.92 Å². The number of aryl methyl sites for hydroxylation is 1.